The van der Waals surface area contributed by atoms with Gasteiger partial charge in [-0.05, 0) is 6.92 Å². The Kier molecular flexibility index (Phi) is 8.23. The molecule has 7 heteroatoms. The smallest absolute Gasteiger partial charge is 0.754 e. The van der Waals surface area contributed by atoms with Gasteiger partial charge in [0.05, 0.1) is 6.61 Å². The Bertz CT molecular complexity index is 105. The molecule has 0 aliphatic rings. The average molecular weight is 164 g/mol. The van der Waals surface area contributed by atoms with Crippen LogP contribution in [-0.2, 0) is 13.8 Å². The molecule has 0 fully saturated rings. The molecule has 0 heterocycles. The van der Waals surface area contributed by atoms with Crippen molar-refractivity contribution in [1.29, 1.82) is 0 Å². The third kappa shape index (κ3) is 6.96. The molecule has 0 aliphatic heterocycles. The summed E-state index contributed by atoms with van der Waals surface area (Å²) >= 11 is 0. The van der Waals surface area contributed by atoms with Crippen LogP contribution < -0.4 is 34.5 Å². The van der Waals surface area contributed by atoms with Gasteiger partial charge in [-0.3, -0.25) is 4.57 Å². The summed E-state index contributed by atoms with van der Waals surface area (Å²) in [6.45, 7) is 1.42. The quantitative estimate of drug-likeness (QED) is 0.208. The summed E-state index contributed by atoms with van der Waals surface area (Å²) in [6, 6.07) is 0. The standard InChI is InChI=1S/C2H7O5P.Na/c1-2-6-8(4,5)7-3;/h3H,2H2,1H3,(H,4,5);/q;+1/p-1. The first-order chi connectivity index (χ1) is 3.62. The normalized spacial score (nSPS) is 15.9. The number of hydrogen-bond acceptors (Lipinski definition) is 5. The Morgan fingerprint density at radius 2 is 2.22 bits per heavy atom. The van der Waals surface area contributed by atoms with Crippen molar-refractivity contribution in [1.82, 2.24) is 0 Å². The third-order valence-electron chi connectivity index (χ3n) is 0.387. The van der Waals surface area contributed by atoms with Crippen LogP contribution in [0.1, 0.15) is 6.92 Å². The molecule has 0 saturated heterocycles. The van der Waals surface area contributed by atoms with Gasteiger partial charge in [0.1, 0.15) is 0 Å². The average Bonchev–Trinajstić information content (AvgIpc) is 1.67. The van der Waals surface area contributed by atoms with Gasteiger partial charge in [0, 0.05) is 0 Å². The van der Waals surface area contributed by atoms with E-state index in [0.717, 1.165) is 0 Å². The number of hydrogen-bond donors (Lipinski definition) is 1. The Morgan fingerprint density at radius 3 is 2.33 bits per heavy atom. The molecule has 0 spiro atoms. The molecule has 0 aromatic carbocycles. The Hall–Kier alpha value is 1.07. The largest absolute Gasteiger partial charge is 1.00 e. The Labute approximate surface area is 74.8 Å². The first-order valence-corrected chi connectivity index (χ1v) is 3.37. The van der Waals surface area contributed by atoms with Crippen molar-refractivity contribution in [2.24, 2.45) is 0 Å². The Morgan fingerprint density at radius 1 is 1.78 bits per heavy atom. The van der Waals surface area contributed by atoms with Crippen LogP contribution >= 0.6 is 7.82 Å². The number of phosphoric ester groups is 1. The van der Waals surface area contributed by atoms with E-state index in [2.05, 4.69) is 9.20 Å². The van der Waals surface area contributed by atoms with E-state index >= 15 is 0 Å². The third-order valence-corrected chi connectivity index (χ3v) is 1.16. The van der Waals surface area contributed by atoms with Gasteiger partial charge < -0.3 is 9.42 Å². The van der Waals surface area contributed by atoms with Crippen molar-refractivity contribution in [3.05, 3.63) is 0 Å². The molecule has 9 heavy (non-hydrogen) atoms. The topological polar surface area (TPSA) is 78.8 Å². The summed E-state index contributed by atoms with van der Waals surface area (Å²) < 4.78 is 16.8. The van der Waals surface area contributed by atoms with Crippen LogP contribution in [-0.4, -0.2) is 11.9 Å². The van der Waals surface area contributed by atoms with Crippen LogP contribution in [0.25, 0.3) is 0 Å². The van der Waals surface area contributed by atoms with Crippen LogP contribution in [0.2, 0.25) is 0 Å². The predicted molar refractivity (Wildman–Crippen MR) is 22.9 cm³/mol. The van der Waals surface area contributed by atoms with Crippen LogP contribution in [0.5, 0.6) is 0 Å². The van der Waals surface area contributed by atoms with E-state index in [-0.39, 0.29) is 36.2 Å². The van der Waals surface area contributed by atoms with E-state index in [1.807, 2.05) is 0 Å². The van der Waals surface area contributed by atoms with Gasteiger partial charge in [0.2, 0.25) is 0 Å². The monoisotopic (exact) mass is 164 g/mol. The molecule has 1 atom stereocenters. The van der Waals surface area contributed by atoms with E-state index in [4.69, 9.17) is 5.26 Å². The molecule has 1 unspecified atom stereocenters. The van der Waals surface area contributed by atoms with Crippen molar-refractivity contribution in [2.75, 3.05) is 6.61 Å². The molecule has 0 bridgehead atoms. The van der Waals surface area contributed by atoms with Gasteiger partial charge in [-0.1, -0.05) is 0 Å². The van der Waals surface area contributed by atoms with Gasteiger partial charge in [-0.2, -0.15) is 4.67 Å². The maximum Gasteiger partial charge on any atom is 1.00 e. The summed E-state index contributed by atoms with van der Waals surface area (Å²) in [7, 11) is -4.37. The minimum absolute atomic E-state index is 0. The van der Waals surface area contributed by atoms with E-state index in [1.54, 1.807) is 0 Å². The molecule has 0 aliphatic carbocycles. The summed E-state index contributed by atoms with van der Waals surface area (Å²) in [6.07, 6.45) is 0. The SMILES string of the molecule is CCOP(=O)([O-])OO.[Na+]. The molecule has 0 aromatic heterocycles. The molecule has 0 rings (SSSR count). The molecular weight excluding hydrogens is 158 g/mol. The molecule has 50 valence electrons. The fraction of sp³-hybridized carbons (Fsp3) is 1.00. The van der Waals surface area contributed by atoms with Crippen molar-refractivity contribution in [3.8, 4) is 0 Å². The zero-order valence-electron chi connectivity index (χ0n) is 5.23. The second-order valence-electron chi connectivity index (χ2n) is 0.947. The first-order valence-electron chi connectivity index (χ1n) is 1.91. The zero-order chi connectivity index (χ0) is 6.62. The molecular formula is C2H6NaO5P. The molecule has 5 nitrogen and oxygen atoms in total. The van der Waals surface area contributed by atoms with Crippen LogP contribution in [0.4, 0.5) is 0 Å². The minimum atomic E-state index is -4.37. The molecule has 0 aromatic rings. The second-order valence-corrected chi connectivity index (χ2v) is 2.26. The fourth-order valence-corrected chi connectivity index (χ4v) is 0.545. The second kappa shape index (κ2) is 5.82. The Balaban J connectivity index is 0. The minimum Gasteiger partial charge on any atom is -0.754 e. The summed E-state index contributed by atoms with van der Waals surface area (Å²) in [4.78, 5) is 9.93. The van der Waals surface area contributed by atoms with Gasteiger partial charge in [0.15, 0.2) is 0 Å². The first kappa shape index (κ1) is 12.7. The van der Waals surface area contributed by atoms with Gasteiger partial charge in [-0.25, -0.2) is 5.26 Å². The maximum atomic E-state index is 9.93. The fourth-order valence-electron chi connectivity index (χ4n) is 0.182. The summed E-state index contributed by atoms with van der Waals surface area (Å²) in [5.41, 5.74) is 0. The van der Waals surface area contributed by atoms with E-state index in [1.165, 1.54) is 6.92 Å². The number of rotatable bonds is 3. The van der Waals surface area contributed by atoms with Crippen LogP contribution in [0, 0.1) is 0 Å². The number of phosphoric acid groups is 1. The summed E-state index contributed by atoms with van der Waals surface area (Å²) in [5.74, 6) is 0. The van der Waals surface area contributed by atoms with E-state index in [0.29, 0.717) is 0 Å². The van der Waals surface area contributed by atoms with Crippen molar-refractivity contribution < 1.29 is 53.5 Å². The summed E-state index contributed by atoms with van der Waals surface area (Å²) in [5, 5.41) is 7.52. The van der Waals surface area contributed by atoms with Crippen molar-refractivity contribution >= 4 is 7.82 Å². The van der Waals surface area contributed by atoms with Crippen molar-refractivity contribution in [3.63, 3.8) is 0 Å². The van der Waals surface area contributed by atoms with Gasteiger partial charge >= 0.3 is 29.6 Å². The molecule has 0 radical (unpaired) electrons. The van der Waals surface area contributed by atoms with Crippen LogP contribution in [0.3, 0.4) is 0 Å². The maximum absolute atomic E-state index is 9.93. The molecule has 0 saturated carbocycles. The van der Waals surface area contributed by atoms with Gasteiger partial charge in [-0.15, -0.1) is 0 Å². The van der Waals surface area contributed by atoms with E-state index < -0.39 is 7.82 Å². The molecule has 1 N–H and O–H groups in total. The predicted octanol–water partition coefficient (Wildman–Crippen LogP) is -3.02. The van der Waals surface area contributed by atoms with Crippen molar-refractivity contribution in [2.45, 2.75) is 6.92 Å². The van der Waals surface area contributed by atoms with E-state index in [9.17, 15) is 9.46 Å². The van der Waals surface area contributed by atoms with Gasteiger partial charge in [0.25, 0.3) is 7.82 Å². The van der Waals surface area contributed by atoms with Crippen LogP contribution in [0.15, 0.2) is 0 Å². The molecule has 0 amide bonds. The zero-order valence-corrected chi connectivity index (χ0v) is 8.13.